The minimum Gasteiger partial charge on any atom is -0.376 e. The van der Waals surface area contributed by atoms with Crippen molar-refractivity contribution in [2.45, 2.75) is 6.42 Å². The molecule has 21 heavy (non-hydrogen) atoms. The average molecular weight is 279 g/mol. The van der Waals surface area contributed by atoms with E-state index in [1.165, 1.54) is 17.7 Å². The van der Waals surface area contributed by atoms with Crippen molar-refractivity contribution < 1.29 is 0 Å². The van der Waals surface area contributed by atoms with Gasteiger partial charge in [-0.25, -0.2) is 0 Å². The van der Waals surface area contributed by atoms with Gasteiger partial charge in [0.1, 0.15) is 0 Å². The van der Waals surface area contributed by atoms with Crippen molar-refractivity contribution >= 4 is 11.8 Å². The smallest absolute Gasteiger partial charge is 0.0553 e. The Morgan fingerprint density at radius 1 is 0.905 bits per heavy atom. The van der Waals surface area contributed by atoms with E-state index in [1.807, 2.05) is 18.5 Å². The lowest BCUT2D eigenvalue weighted by Gasteiger charge is -2.22. The lowest BCUT2D eigenvalue weighted by atomic mass is 10.2. The molecule has 1 aliphatic rings. The van der Waals surface area contributed by atoms with Crippen LogP contribution in [0.2, 0.25) is 0 Å². The number of anilines is 1. The highest BCUT2D eigenvalue weighted by Crippen LogP contribution is 2.15. The van der Waals surface area contributed by atoms with E-state index < -0.39 is 0 Å². The van der Waals surface area contributed by atoms with Gasteiger partial charge in [-0.15, -0.1) is 0 Å². The molecule has 1 aromatic carbocycles. The van der Waals surface area contributed by atoms with Gasteiger partial charge in [-0.05, 0) is 36.4 Å². The van der Waals surface area contributed by atoms with Crippen molar-refractivity contribution in [1.29, 1.82) is 0 Å². The molecule has 1 fully saturated rings. The fourth-order valence-corrected chi connectivity index (χ4v) is 2.64. The van der Waals surface area contributed by atoms with Gasteiger partial charge in [-0.2, -0.15) is 0 Å². The van der Waals surface area contributed by atoms with Crippen LogP contribution < -0.4 is 4.90 Å². The zero-order valence-corrected chi connectivity index (χ0v) is 12.2. The van der Waals surface area contributed by atoms with E-state index in [-0.39, 0.29) is 0 Å². The second-order valence-electron chi connectivity index (χ2n) is 5.31. The number of aromatic nitrogens is 1. The lowest BCUT2D eigenvalue weighted by molar-refractivity contribution is 0.406. The van der Waals surface area contributed by atoms with Crippen LogP contribution >= 0.6 is 0 Å². The van der Waals surface area contributed by atoms with Gasteiger partial charge >= 0.3 is 0 Å². The summed E-state index contributed by atoms with van der Waals surface area (Å²) in [5.74, 6) is 0. The number of rotatable bonds is 3. The summed E-state index contributed by atoms with van der Waals surface area (Å²) in [7, 11) is 0. The molecule has 0 N–H and O–H groups in total. The van der Waals surface area contributed by atoms with Gasteiger partial charge in [0.2, 0.25) is 0 Å². The van der Waals surface area contributed by atoms with Gasteiger partial charge in [-0.1, -0.05) is 30.3 Å². The first-order valence-electron chi connectivity index (χ1n) is 7.54. The van der Waals surface area contributed by atoms with Crippen LogP contribution in [0.15, 0.2) is 61.1 Å². The minimum atomic E-state index is 1.05. The molecule has 3 heteroatoms. The van der Waals surface area contributed by atoms with E-state index >= 15 is 0 Å². The van der Waals surface area contributed by atoms with Crippen LogP contribution in [0.4, 0.5) is 5.69 Å². The fraction of sp³-hybridized carbons (Fsp3) is 0.278. The molecule has 0 amide bonds. The second-order valence-corrected chi connectivity index (χ2v) is 5.31. The third kappa shape index (κ3) is 3.85. The molecule has 108 valence electrons. The number of hydrogen-bond acceptors (Lipinski definition) is 3. The molecule has 0 radical (unpaired) electrons. The van der Waals surface area contributed by atoms with E-state index in [4.69, 9.17) is 0 Å². The first-order chi connectivity index (χ1) is 10.4. The van der Waals surface area contributed by atoms with Crippen LogP contribution in [-0.4, -0.2) is 36.1 Å². The molecule has 2 heterocycles. The maximum atomic E-state index is 4.22. The van der Waals surface area contributed by atoms with Crippen molar-refractivity contribution in [2.24, 2.45) is 0 Å². The number of nitrogens with zero attached hydrogens (tertiary/aromatic N) is 3. The summed E-state index contributed by atoms with van der Waals surface area (Å²) in [6.07, 6.45) is 9.38. The Morgan fingerprint density at radius 3 is 2.62 bits per heavy atom. The van der Waals surface area contributed by atoms with E-state index in [0.717, 1.165) is 26.2 Å². The topological polar surface area (TPSA) is 19.4 Å². The van der Waals surface area contributed by atoms with E-state index in [1.54, 1.807) is 0 Å². The van der Waals surface area contributed by atoms with Crippen LogP contribution in [0.25, 0.3) is 6.08 Å². The molecule has 3 nitrogen and oxygen atoms in total. The molecule has 0 bridgehead atoms. The highest BCUT2D eigenvalue weighted by atomic mass is 15.2. The number of pyridine rings is 1. The van der Waals surface area contributed by atoms with Crippen LogP contribution in [-0.2, 0) is 0 Å². The molecule has 1 aliphatic heterocycles. The third-order valence-electron chi connectivity index (χ3n) is 3.82. The van der Waals surface area contributed by atoms with E-state index in [2.05, 4.69) is 63.5 Å². The average Bonchev–Trinajstić information content (AvgIpc) is 2.80. The summed E-state index contributed by atoms with van der Waals surface area (Å²) >= 11 is 0. The largest absolute Gasteiger partial charge is 0.376 e. The molecule has 0 saturated carbocycles. The van der Waals surface area contributed by atoms with Gasteiger partial charge in [-0.3, -0.25) is 4.98 Å². The first-order valence-corrected chi connectivity index (χ1v) is 7.54. The lowest BCUT2D eigenvalue weighted by Crippen LogP contribution is -2.28. The molecule has 0 unspecified atom stereocenters. The van der Waals surface area contributed by atoms with Crippen molar-refractivity contribution in [2.75, 3.05) is 31.1 Å². The van der Waals surface area contributed by atoms with Gasteiger partial charge in [0, 0.05) is 32.4 Å². The SMILES string of the molecule is C(=C\N1CCCN(c2cccnc2)CC1)/c1ccccc1. The Kier molecular flexibility index (Phi) is 4.52. The molecular weight excluding hydrogens is 258 g/mol. The van der Waals surface area contributed by atoms with E-state index in [0.29, 0.717) is 0 Å². The summed E-state index contributed by atoms with van der Waals surface area (Å²) in [5.41, 5.74) is 2.48. The highest BCUT2D eigenvalue weighted by molar-refractivity contribution is 5.48. The normalized spacial score (nSPS) is 16.2. The maximum Gasteiger partial charge on any atom is 0.0553 e. The second kappa shape index (κ2) is 6.93. The molecule has 0 spiro atoms. The Hall–Kier alpha value is -2.29. The molecule has 2 aromatic rings. The fourth-order valence-electron chi connectivity index (χ4n) is 2.64. The van der Waals surface area contributed by atoms with Gasteiger partial charge in [0.05, 0.1) is 11.9 Å². The van der Waals surface area contributed by atoms with E-state index in [9.17, 15) is 0 Å². The summed E-state index contributed by atoms with van der Waals surface area (Å²) < 4.78 is 0. The number of benzene rings is 1. The maximum absolute atomic E-state index is 4.22. The summed E-state index contributed by atoms with van der Waals surface area (Å²) in [6, 6.07) is 14.6. The Bertz CT molecular complexity index is 566. The third-order valence-corrected chi connectivity index (χ3v) is 3.82. The molecule has 1 saturated heterocycles. The van der Waals surface area contributed by atoms with Gasteiger partial charge < -0.3 is 9.80 Å². The standard InChI is InChI=1S/C18H21N3/c1-2-6-17(7-3-1)9-13-20-11-5-12-21(15-14-20)18-8-4-10-19-16-18/h1-4,6-10,13,16H,5,11-12,14-15H2/b13-9+. The minimum absolute atomic E-state index is 1.05. The Morgan fingerprint density at radius 2 is 1.81 bits per heavy atom. The molecule has 1 aromatic heterocycles. The predicted octanol–water partition coefficient (Wildman–Crippen LogP) is 3.26. The van der Waals surface area contributed by atoms with Crippen molar-refractivity contribution in [3.05, 3.63) is 66.6 Å². The first kappa shape index (κ1) is 13.7. The molecule has 3 rings (SSSR count). The molecular formula is C18H21N3. The number of hydrogen-bond donors (Lipinski definition) is 0. The molecule has 0 atom stereocenters. The predicted molar refractivity (Wildman–Crippen MR) is 88.1 cm³/mol. The summed E-state index contributed by atoms with van der Waals surface area (Å²) in [6.45, 7) is 4.31. The molecule has 0 aliphatic carbocycles. The van der Waals surface area contributed by atoms with Crippen LogP contribution in [0.5, 0.6) is 0 Å². The Labute approximate surface area is 126 Å². The Balaban J connectivity index is 1.60. The highest BCUT2D eigenvalue weighted by Gasteiger charge is 2.12. The van der Waals surface area contributed by atoms with Gasteiger partial charge in [0.15, 0.2) is 0 Å². The monoisotopic (exact) mass is 279 g/mol. The summed E-state index contributed by atoms with van der Waals surface area (Å²) in [5, 5.41) is 0. The zero-order valence-electron chi connectivity index (χ0n) is 12.2. The zero-order chi connectivity index (χ0) is 14.3. The van der Waals surface area contributed by atoms with Crippen LogP contribution in [0, 0.1) is 0 Å². The van der Waals surface area contributed by atoms with Crippen molar-refractivity contribution in [3.8, 4) is 0 Å². The van der Waals surface area contributed by atoms with Crippen LogP contribution in [0.3, 0.4) is 0 Å². The van der Waals surface area contributed by atoms with Crippen LogP contribution in [0.1, 0.15) is 12.0 Å². The van der Waals surface area contributed by atoms with Crippen molar-refractivity contribution in [1.82, 2.24) is 9.88 Å². The quantitative estimate of drug-likeness (QED) is 0.859. The van der Waals surface area contributed by atoms with Crippen molar-refractivity contribution in [3.63, 3.8) is 0 Å². The van der Waals surface area contributed by atoms with Gasteiger partial charge in [0.25, 0.3) is 0 Å². The summed E-state index contributed by atoms with van der Waals surface area (Å²) in [4.78, 5) is 9.04.